The number of anilines is 1. The van der Waals surface area contributed by atoms with Crippen LogP contribution in [-0.2, 0) is 4.79 Å². The van der Waals surface area contributed by atoms with Crippen molar-refractivity contribution in [1.82, 2.24) is 14.8 Å². The maximum atomic E-state index is 12.7. The molecule has 0 spiro atoms. The fourth-order valence-corrected chi connectivity index (χ4v) is 4.47. The van der Waals surface area contributed by atoms with E-state index >= 15 is 0 Å². The summed E-state index contributed by atoms with van der Waals surface area (Å²) in [5.74, 6) is 0.945. The Kier molecular flexibility index (Phi) is 6.01. The molecule has 5 nitrogen and oxygen atoms in total. The molecule has 1 aromatic heterocycles. The van der Waals surface area contributed by atoms with Gasteiger partial charge >= 0.3 is 0 Å². The number of hydrogen-bond acceptors (Lipinski definition) is 4. The van der Waals surface area contributed by atoms with E-state index < -0.39 is 0 Å². The molecule has 1 fully saturated rings. The molecule has 0 radical (unpaired) electrons. The molecule has 1 atom stereocenters. The summed E-state index contributed by atoms with van der Waals surface area (Å²) in [4.78, 5) is 12.7. The van der Waals surface area contributed by atoms with Crippen molar-refractivity contribution < 1.29 is 4.79 Å². The van der Waals surface area contributed by atoms with Crippen LogP contribution >= 0.6 is 11.8 Å². The molecule has 3 rings (SSSR count). The predicted molar refractivity (Wildman–Crippen MR) is 107 cm³/mol. The molecule has 1 aromatic carbocycles. The lowest BCUT2D eigenvalue weighted by Crippen LogP contribution is -2.24. The Hall–Kier alpha value is -1.82. The second kappa shape index (κ2) is 8.25. The number of amides is 1. The number of aromatic nitrogens is 3. The first-order valence-electron chi connectivity index (χ1n) is 9.42. The van der Waals surface area contributed by atoms with Crippen molar-refractivity contribution in [3.8, 4) is 0 Å². The summed E-state index contributed by atoms with van der Waals surface area (Å²) in [5.41, 5.74) is 3.09. The Balaban J connectivity index is 1.70. The highest BCUT2D eigenvalue weighted by Gasteiger charge is 2.24. The number of aryl methyl sites for hydroxylation is 3. The maximum Gasteiger partial charge on any atom is 0.237 e. The largest absolute Gasteiger partial charge is 0.325 e. The van der Waals surface area contributed by atoms with E-state index in [1.807, 2.05) is 39.8 Å². The number of nitrogens with one attached hydrogen (secondary N) is 1. The van der Waals surface area contributed by atoms with Crippen LogP contribution in [0, 0.1) is 20.8 Å². The standard InChI is InChI=1S/C20H28N4OS/c1-13-10-11-14(2)18(12-13)21-19(25)15(3)26-20-23-22-16(4)24(20)17-8-6-5-7-9-17/h10-12,15,17H,5-9H2,1-4H3,(H,21,25). The molecule has 1 aliphatic carbocycles. The topological polar surface area (TPSA) is 59.8 Å². The molecule has 1 N–H and O–H groups in total. The lowest BCUT2D eigenvalue weighted by atomic mass is 9.95. The van der Waals surface area contributed by atoms with Gasteiger partial charge < -0.3 is 9.88 Å². The Bertz CT molecular complexity index is 780. The fraction of sp³-hybridized carbons (Fsp3) is 0.550. The number of carbonyl (C=O) groups excluding carboxylic acids is 1. The number of nitrogens with zero attached hydrogens (tertiary/aromatic N) is 3. The molecule has 2 aromatic rings. The number of benzene rings is 1. The highest BCUT2D eigenvalue weighted by Crippen LogP contribution is 2.33. The Labute approximate surface area is 160 Å². The molecular weight excluding hydrogens is 344 g/mol. The van der Waals surface area contributed by atoms with Crippen molar-refractivity contribution in [3.63, 3.8) is 0 Å². The first-order valence-corrected chi connectivity index (χ1v) is 10.3. The van der Waals surface area contributed by atoms with Gasteiger partial charge in [-0.15, -0.1) is 10.2 Å². The zero-order chi connectivity index (χ0) is 18.7. The normalized spacial score (nSPS) is 16.5. The molecule has 0 bridgehead atoms. The van der Waals surface area contributed by atoms with Crippen molar-refractivity contribution in [2.45, 2.75) is 76.2 Å². The number of rotatable bonds is 5. The minimum atomic E-state index is -0.235. The second-order valence-corrected chi connectivity index (χ2v) is 8.57. The summed E-state index contributed by atoms with van der Waals surface area (Å²) >= 11 is 1.50. The minimum Gasteiger partial charge on any atom is -0.325 e. The highest BCUT2D eigenvalue weighted by molar-refractivity contribution is 8.00. The van der Waals surface area contributed by atoms with Gasteiger partial charge in [0.15, 0.2) is 5.16 Å². The molecule has 1 unspecified atom stereocenters. The van der Waals surface area contributed by atoms with Crippen LogP contribution in [0.25, 0.3) is 0 Å². The number of hydrogen-bond donors (Lipinski definition) is 1. The third kappa shape index (κ3) is 4.29. The molecule has 1 saturated carbocycles. The second-order valence-electron chi connectivity index (χ2n) is 7.26. The van der Waals surface area contributed by atoms with Crippen LogP contribution in [0.2, 0.25) is 0 Å². The van der Waals surface area contributed by atoms with Crippen LogP contribution in [0.4, 0.5) is 5.69 Å². The fourth-order valence-electron chi connectivity index (χ4n) is 3.51. The van der Waals surface area contributed by atoms with E-state index in [1.54, 1.807) is 0 Å². The molecule has 0 aliphatic heterocycles. The Morgan fingerprint density at radius 1 is 1.19 bits per heavy atom. The molecule has 1 heterocycles. The van der Waals surface area contributed by atoms with Gasteiger partial charge in [-0.05, 0) is 57.7 Å². The lowest BCUT2D eigenvalue weighted by molar-refractivity contribution is -0.115. The van der Waals surface area contributed by atoms with Crippen LogP contribution < -0.4 is 5.32 Å². The van der Waals surface area contributed by atoms with E-state index in [4.69, 9.17) is 0 Å². The average molecular weight is 373 g/mol. The van der Waals surface area contributed by atoms with Crippen LogP contribution in [0.3, 0.4) is 0 Å². The van der Waals surface area contributed by atoms with Crippen LogP contribution in [0.1, 0.15) is 62.0 Å². The molecule has 1 amide bonds. The Morgan fingerprint density at radius 2 is 1.92 bits per heavy atom. The van der Waals surface area contributed by atoms with Crippen LogP contribution in [0.5, 0.6) is 0 Å². The molecule has 140 valence electrons. The van der Waals surface area contributed by atoms with Gasteiger partial charge in [-0.1, -0.05) is 43.2 Å². The van der Waals surface area contributed by atoms with Crippen molar-refractivity contribution in [2.24, 2.45) is 0 Å². The quantitative estimate of drug-likeness (QED) is 0.764. The Morgan fingerprint density at radius 3 is 2.65 bits per heavy atom. The molecule has 1 aliphatic rings. The lowest BCUT2D eigenvalue weighted by Gasteiger charge is -2.25. The third-order valence-electron chi connectivity index (χ3n) is 5.08. The molecule has 6 heteroatoms. The molecule has 0 saturated heterocycles. The van der Waals surface area contributed by atoms with Gasteiger partial charge in [-0.25, -0.2) is 0 Å². The SMILES string of the molecule is Cc1ccc(C)c(NC(=O)C(C)Sc2nnc(C)n2C2CCCCC2)c1. The summed E-state index contributed by atoms with van der Waals surface area (Å²) in [5, 5.41) is 12.3. The summed E-state index contributed by atoms with van der Waals surface area (Å²) in [7, 11) is 0. The van der Waals surface area contributed by atoms with Crippen LogP contribution in [-0.4, -0.2) is 25.9 Å². The first-order chi connectivity index (χ1) is 12.5. The number of thioether (sulfide) groups is 1. The van der Waals surface area contributed by atoms with Gasteiger partial charge in [0.2, 0.25) is 5.91 Å². The van der Waals surface area contributed by atoms with Gasteiger partial charge in [-0.3, -0.25) is 4.79 Å². The van der Waals surface area contributed by atoms with E-state index in [0.29, 0.717) is 6.04 Å². The van der Waals surface area contributed by atoms with Crippen molar-refractivity contribution in [2.75, 3.05) is 5.32 Å². The zero-order valence-electron chi connectivity index (χ0n) is 16.1. The summed E-state index contributed by atoms with van der Waals surface area (Å²) in [6.45, 7) is 7.98. The molecular formula is C20H28N4OS. The van der Waals surface area contributed by atoms with Crippen LogP contribution in [0.15, 0.2) is 23.4 Å². The first kappa shape index (κ1) is 19.0. The average Bonchev–Trinajstić information content (AvgIpc) is 2.99. The van der Waals surface area contributed by atoms with E-state index in [9.17, 15) is 4.79 Å². The smallest absolute Gasteiger partial charge is 0.237 e. The van der Waals surface area contributed by atoms with Crippen molar-refractivity contribution >= 4 is 23.4 Å². The van der Waals surface area contributed by atoms with Gasteiger partial charge in [0.1, 0.15) is 5.82 Å². The monoisotopic (exact) mass is 372 g/mol. The number of carbonyl (C=O) groups is 1. The van der Waals surface area contributed by atoms with Gasteiger partial charge in [0.25, 0.3) is 0 Å². The van der Waals surface area contributed by atoms with E-state index in [2.05, 4.69) is 26.1 Å². The zero-order valence-corrected chi connectivity index (χ0v) is 16.9. The van der Waals surface area contributed by atoms with Gasteiger partial charge in [0.05, 0.1) is 5.25 Å². The molecule has 26 heavy (non-hydrogen) atoms. The third-order valence-corrected chi connectivity index (χ3v) is 6.13. The van der Waals surface area contributed by atoms with E-state index in [0.717, 1.165) is 27.8 Å². The van der Waals surface area contributed by atoms with Gasteiger partial charge in [0, 0.05) is 11.7 Å². The van der Waals surface area contributed by atoms with E-state index in [-0.39, 0.29) is 11.2 Å². The summed E-state index contributed by atoms with van der Waals surface area (Å²) in [6, 6.07) is 6.57. The summed E-state index contributed by atoms with van der Waals surface area (Å²) < 4.78 is 2.24. The van der Waals surface area contributed by atoms with Crippen molar-refractivity contribution in [3.05, 3.63) is 35.2 Å². The van der Waals surface area contributed by atoms with Crippen molar-refractivity contribution in [1.29, 1.82) is 0 Å². The van der Waals surface area contributed by atoms with Gasteiger partial charge in [-0.2, -0.15) is 0 Å². The predicted octanol–water partition coefficient (Wildman–Crippen LogP) is 4.83. The highest BCUT2D eigenvalue weighted by atomic mass is 32.2. The maximum absolute atomic E-state index is 12.7. The summed E-state index contributed by atoms with van der Waals surface area (Å²) in [6.07, 6.45) is 6.18. The minimum absolute atomic E-state index is 0.000419. The van der Waals surface area contributed by atoms with E-state index in [1.165, 1.54) is 43.9 Å².